The lowest BCUT2D eigenvalue weighted by atomic mass is 10.1. The molecule has 1 aromatic heterocycles. The van der Waals surface area contributed by atoms with Gasteiger partial charge in [0.15, 0.2) is 5.13 Å². The Labute approximate surface area is 163 Å². The summed E-state index contributed by atoms with van der Waals surface area (Å²) in [5.41, 5.74) is 3.94. The van der Waals surface area contributed by atoms with Crippen molar-refractivity contribution in [3.63, 3.8) is 0 Å². The van der Waals surface area contributed by atoms with Gasteiger partial charge in [-0.3, -0.25) is 4.79 Å². The van der Waals surface area contributed by atoms with E-state index < -0.39 is 0 Å². The molecule has 0 unspecified atom stereocenters. The van der Waals surface area contributed by atoms with Crippen molar-refractivity contribution in [3.8, 4) is 22.8 Å². The largest absolute Gasteiger partial charge is 0.496 e. The Bertz CT molecular complexity index is 937. The Balaban J connectivity index is 1.56. The van der Waals surface area contributed by atoms with Crippen LogP contribution in [-0.4, -0.2) is 24.6 Å². The van der Waals surface area contributed by atoms with Gasteiger partial charge in [-0.2, -0.15) is 0 Å². The van der Waals surface area contributed by atoms with Crippen molar-refractivity contribution in [2.75, 3.05) is 19.0 Å². The van der Waals surface area contributed by atoms with Crippen molar-refractivity contribution in [2.45, 2.75) is 20.3 Å². The van der Waals surface area contributed by atoms with Crippen LogP contribution in [0, 0.1) is 13.8 Å². The maximum atomic E-state index is 12.2. The summed E-state index contributed by atoms with van der Waals surface area (Å²) < 4.78 is 11.1. The standard InChI is InChI=1S/C21H22N2O3S/c1-14-7-6-10-18(15(14)2)26-12-11-20(24)23-21-22-17(13-27-21)16-8-4-5-9-19(16)25-3/h4-10,13H,11-12H2,1-3H3,(H,22,23,24). The van der Waals surface area contributed by atoms with Crippen molar-refractivity contribution in [3.05, 3.63) is 59.0 Å². The molecule has 0 bridgehead atoms. The van der Waals surface area contributed by atoms with E-state index in [1.165, 1.54) is 16.9 Å². The molecule has 0 radical (unpaired) electrons. The van der Waals surface area contributed by atoms with Crippen molar-refractivity contribution < 1.29 is 14.3 Å². The van der Waals surface area contributed by atoms with Gasteiger partial charge in [0.25, 0.3) is 0 Å². The quantitative estimate of drug-likeness (QED) is 0.635. The third kappa shape index (κ3) is 4.65. The molecule has 5 nitrogen and oxygen atoms in total. The monoisotopic (exact) mass is 382 g/mol. The molecule has 2 aromatic carbocycles. The number of thiazole rings is 1. The summed E-state index contributed by atoms with van der Waals surface area (Å²) >= 11 is 1.39. The van der Waals surface area contributed by atoms with Crippen LogP contribution in [-0.2, 0) is 4.79 Å². The van der Waals surface area contributed by atoms with Crippen LogP contribution < -0.4 is 14.8 Å². The van der Waals surface area contributed by atoms with E-state index in [4.69, 9.17) is 9.47 Å². The number of ether oxygens (including phenoxy) is 2. The molecule has 0 fully saturated rings. The average molecular weight is 382 g/mol. The number of hydrogen-bond acceptors (Lipinski definition) is 5. The second-order valence-corrected chi connectivity index (χ2v) is 6.94. The van der Waals surface area contributed by atoms with Gasteiger partial charge < -0.3 is 14.8 Å². The lowest BCUT2D eigenvalue weighted by molar-refractivity contribution is -0.116. The van der Waals surface area contributed by atoms with E-state index in [9.17, 15) is 4.79 Å². The number of rotatable bonds is 7. The lowest BCUT2D eigenvalue weighted by Crippen LogP contribution is -2.15. The molecule has 1 amide bonds. The summed E-state index contributed by atoms with van der Waals surface area (Å²) in [6, 6.07) is 13.6. The summed E-state index contributed by atoms with van der Waals surface area (Å²) in [4.78, 5) is 16.7. The Morgan fingerprint density at radius 1 is 1.11 bits per heavy atom. The zero-order valence-electron chi connectivity index (χ0n) is 15.6. The highest BCUT2D eigenvalue weighted by atomic mass is 32.1. The Morgan fingerprint density at radius 3 is 2.70 bits per heavy atom. The fourth-order valence-electron chi connectivity index (χ4n) is 2.63. The number of amides is 1. The van der Waals surface area contributed by atoms with Crippen LogP contribution in [0.1, 0.15) is 17.5 Å². The number of hydrogen-bond donors (Lipinski definition) is 1. The molecular formula is C21H22N2O3S. The predicted octanol–water partition coefficient (Wildman–Crippen LogP) is 4.84. The number of carbonyl (C=O) groups excluding carboxylic acids is 1. The minimum Gasteiger partial charge on any atom is -0.496 e. The SMILES string of the molecule is COc1ccccc1-c1csc(NC(=O)CCOc2cccc(C)c2C)n1. The van der Waals surface area contributed by atoms with Gasteiger partial charge in [-0.15, -0.1) is 11.3 Å². The number of nitrogens with one attached hydrogen (secondary N) is 1. The van der Waals surface area contributed by atoms with Gasteiger partial charge in [-0.05, 0) is 43.2 Å². The van der Waals surface area contributed by atoms with E-state index in [0.717, 1.165) is 28.3 Å². The van der Waals surface area contributed by atoms with Gasteiger partial charge >= 0.3 is 0 Å². The summed E-state index contributed by atoms with van der Waals surface area (Å²) in [5.74, 6) is 1.44. The van der Waals surface area contributed by atoms with E-state index in [1.54, 1.807) is 7.11 Å². The smallest absolute Gasteiger partial charge is 0.229 e. The van der Waals surface area contributed by atoms with Crippen LogP contribution in [0.3, 0.4) is 0 Å². The summed E-state index contributed by atoms with van der Waals surface area (Å²) in [6.45, 7) is 4.37. The highest BCUT2D eigenvalue weighted by Gasteiger charge is 2.11. The van der Waals surface area contributed by atoms with Crippen LogP contribution in [0.25, 0.3) is 11.3 Å². The topological polar surface area (TPSA) is 60.5 Å². The molecule has 1 heterocycles. The van der Waals surface area contributed by atoms with E-state index in [-0.39, 0.29) is 12.3 Å². The van der Waals surface area contributed by atoms with E-state index in [2.05, 4.69) is 10.3 Å². The maximum absolute atomic E-state index is 12.2. The number of aryl methyl sites for hydroxylation is 1. The number of benzene rings is 2. The number of aromatic nitrogens is 1. The molecule has 0 aliphatic rings. The molecule has 0 saturated heterocycles. The highest BCUT2D eigenvalue weighted by molar-refractivity contribution is 7.14. The third-order valence-corrected chi connectivity index (χ3v) is 5.03. The molecule has 3 rings (SSSR count). The van der Waals surface area contributed by atoms with Crippen molar-refractivity contribution >= 4 is 22.4 Å². The zero-order chi connectivity index (χ0) is 19.2. The normalized spacial score (nSPS) is 10.5. The Kier molecular flexibility index (Phi) is 6.08. The fraction of sp³-hybridized carbons (Fsp3) is 0.238. The van der Waals surface area contributed by atoms with E-state index in [0.29, 0.717) is 11.7 Å². The molecule has 0 saturated carbocycles. The second kappa shape index (κ2) is 8.68. The first-order valence-corrected chi connectivity index (χ1v) is 9.54. The van der Waals surface area contributed by atoms with Gasteiger partial charge in [-0.1, -0.05) is 24.3 Å². The number of nitrogens with zero attached hydrogens (tertiary/aromatic N) is 1. The summed E-state index contributed by atoms with van der Waals surface area (Å²) in [5, 5.41) is 5.29. The van der Waals surface area contributed by atoms with Gasteiger partial charge in [0, 0.05) is 10.9 Å². The molecule has 1 N–H and O–H groups in total. The van der Waals surface area contributed by atoms with Crippen LogP contribution in [0.5, 0.6) is 11.5 Å². The van der Waals surface area contributed by atoms with Crippen molar-refractivity contribution in [2.24, 2.45) is 0 Å². The van der Waals surface area contributed by atoms with Crippen molar-refractivity contribution in [1.82, 2.24) is 4.98 Å². The third-order valence-electron chi connectivity index (χ3n) is 4.28. The Morgan fingerprint density at radius 2 is 1.89 bits per heavy atom. The van der Waals surface area contributed by atoms with Crippen molar-refractivity contribution in [1.29, 1.82) is 0 Å². The van der Waals surface area contributed by atoms with Crippen LogP contribution in [0.15, 0.2) is 47.8 Å². The first-order chi connectivity index (χ1) is 13.1. The zero-order valence-corrected chi connectivity index (χ0v) is 16.4. The molecule has 6 heteroatoms. The second-order valence-electron chi connectivity index (χ2n) is 6.08. The molecule has 0 aliphatic carbocycles. The summed E-state index contributed by atoms with van der Waals surface area (Å²) in [6.07, 6.45) is 0.261. The predicted molar refractivity (Wildman–Crippen MR) is 109 cm³/mol. The van der Waals surface area contributed by atoms with Gasteiger partial charge in [0.05, 0.1) is 25.8 Å². The molecule has 0 atom stereocenters. The molecule has 140 valence electrons. The molecule has 0 aliphatic heterocycles. The lowest BCUT2D eigenvalue weighted by Gasteiger charge is -2.10. The summed E-state index contributed by atoms with van der Waals surface area (Å²) in [7, 11) is 1.63. The average Bonchev–Trinajstić information content (AvgIpc) is 3.13. The van der Waals surface area contributed by atoms with Gasteiger partial charge in [-0.25, -0.2) is 4.98 Å². The first kappa shape index (κ1) is 18.9. The van der Waals surface area contributed by atoms with Crippen LogP contribution >= 0.6 is 11.3 Å². The van der Waals surface area contributed by atoms with Gasteiger partial charge in [0.2, 0.25) is 5.91 Å². The molecule has 27 heavy (non-hydrogen) atoms. The molecule has 3 aromatic rings. The Hall–Kier alpha value is -2.86. The van der Waals surface area contributed by atoms with Gasteiger partial charge in [0.1, 0.15) is 11.5 Å². The van der Waals surface area contributed by atoms with Crippen LogP contribution in [0.2, 0.25) is 0 Å². The number of anilines is 1. The fourth-order valence-corrected chi connectivity index (χ4v) is 3.35. The number of carbonyl (C=O) groups is 1. The first-order valence-electron chi connectivity index (χ1n) is 8.66. The van der Waals surface area contributed by atoms with E-state index >= 15 is 0 Å². The van der Waals surface area contributed by atoms with Crippen LogP contribution in [0.4, 0.5) is 5.13 Å². The molecule has 0 spiro atoms. The van der Waals surface area contributed by atoms with E-state index in [1.807, 2.05) is 61.7 Å². The minimum absolute atomic E-state index is 0.124. The highest BCUT2D eigenvalue weighted by Crippen LogP contribution is 2.31. The maximum Gasteiger partial charge on any atom is 0.229 e. The number of methoxy groups -OCH3 is 1. The minimum atomic E-state index is -0.124. The molecular weight excluding hydrogens is 360 g/mol. The number of para-hydroxylation sites is 1.